The molecule has 1 rings (SSSR count). The normalized spacial score (nSPS) is 23.2. The van der Waals surface area contributed by atoms with Gasteiger partial charge in [0.15, 0.2) is 0 Å². The molecule has 3 N–H and O–H groups in total. The van der Waals surface area contributed by atoms with Crippen molar-refractivity contribution in [3.8, 4) is 0 Å². The predicted octanol–water partition coefficient (Wildman–Crippen LogP) is -0.124. The van der Waals surface area contributed by atoms with Gasteiger partial charge < -0.3 is 15.8 Å². The van der Waals surface area contributed by atoms with E-state index in [4.69, 9.17) is 10.5 Å². The number of rotatable bonds is 3. The van der Waals surface area contributed by atoms with Gasteiger partial charge in [-0.25, -0.2) is 0 Å². The lowest BCUT2D eigenvalue weighted by Crippen LogP contribution is -2.38. The first-order chi connectivity index (χ1) is 6.05. The first-order valence-corrected chi connectivity index (χ1v) is 4.69. The number of nitrogens with two attached hydrogens (primary N) is 1. The second-order valence-electron chi connectivity index (χ2n) is 4.07. The Morgan fingerprint density at radius 1 is 1.69 bits per heavy atom. The molecule has 0 aromatic heterocycles. The molecule has 76 valence electrons. The summed E-state index contributed by atoms with van der Waals surface area (Å²) in [6, 6.07) is 0. The quantitative estimate of drug-likeness (QED) is 0.603. The maximum atomic E-state index is 11.5. The molecular weight excluding hydrogens is 168 g/mol. The molecule has 13 heavy (non-hydrogen) atoms. The third-order valence-electron chi connectivity index (χ3n) is 2.26. The van der Waals surface area contributed by atoms with Gasteiger partial charge in [0.2, 0.25) is 0 Å². The number of esters is 1. The summed E-state index contributed by atoms with van der Waals surface area (Å²) >= 11 is 0. The van der Waals surface area contributed by atoms with E-state index in [9.17, 15) is 4.79 Å². The number of ether oxygens (including phenoxy) is 1. The Labute approximate surface area is 78.8 Å². The van der Waals surface area contributed by atoms with Gasteiger partial charge in [0, 0.05) is 13.1 Å². The van der Waals surface area contributed by atoms with E-state index < -0.39 is 5.60 Å². The molecule has 1 atom stereocenters. The highest BCUT2D eigenvalue weighted by Crippen LogP contribution is 2.15. The van der Waals surface area contributed by atoms with Crippen molar-refractivity contribution in [2.45, 2.75) is 25.9 Å². The van der Waals surface area contributed by atoms with Crippen molar-refractivity contribution in [1.29, 1.82) is 0 Å². The van der Waals surface area contributed by atoms with Gasteiger partial charge in [0.25, 0.3) is 0 Å². The van der Waals surface area contributed by atoms with Crippen molar-refractivity contribution in [2.24, 2.45) is 11.7 Å². The molecule has 0 bridgehead atoms. The molecule has 0 amide bonds. The van der Waals surface area contributed by atoms with E-state index in [0.29, 0.717) is 6.54 Å². The highest BCUT2D eigenvalue weighted by molar-refractivity contribution is 5.73. The van der Waals surface area contributed by atoms with Crippen LogP contribution >= 0.6 is 0 Å². The highest BCUT2D eigenvalue weighted by Gasteiger charge is 2.28. The van der Waals surface area contributed by atoms with E-state index in [-0.39, 0.29) is 11.9 Å². The van der Waals surface area contributed by atoms with Crippen molar-refractivity contribution < 1.29 is 9.53 Å². The van der Waals surface area contributed by atoms with Crippen LogP contribution in [0, 0.1) is 5.92 Å². The van der Waals surface area contributed by atoms with Gasteiger partial charge in [-0.15, -0.1) is 0 Å². The van der Waals surface area contributed by atoms with E-state index in [1.54, 1.807) is 0 Å². The van der Waals surface area contributed by atoms with Crippen molar-refractivity contribution in [2.75, 3.05) is 19.6 Å². The molecule has 1 aliphatic heterocycles. The molecule has 0 aromatic rings. The third-order valence-corrected chi connectivity index (χ3v) is 2.26. The van der Waals surface area contributed by atoms with Crippen LogP contribution in [0.15, 0.2) is 0 Å². The van der Waals surface area contributed by atoms with Crippen LogP contribution < -0.4 is 11.1 Å². The van der Waals surface area contributed by atoms with Crippen LogP contribution in [0.1, 0.15) is 20.3 Å². The van der Waals surface area contributed by atoms with Crippen LogP contribution in [-0.4, -0.2) is 31.2 Å². The van der Waals surface area contributed by atoms with E-state index in [0.717, 1.165) is 19.5 Å². The van der Waals surface area contributed by atoms with Crippen molar-refractivity contribution in [3.05, 3.63) is 0 Å². The second-order valence-corrected chi connectivity index (χ2v) is 4.07. The van der Waals surface area contributed by atoms with E-state index in [2.05, 4.69) is 5.32 Å². The van der Waals surface area contributed by atoms with Crippen LogP contribution in [0.2, 0.25) is 0 Å². The molecule has 0 aromatic carbocycles. The summed E-state index contributed by atoms with van der Waals surface area (Å²) in [6.07, 6.45) is 0.874. The molecule has 0 spiro atoms. The lowest BCUT2D eigenvalue weighted by atomic mass is 10.1. The summed E-state index contributed by atoms with van der Waals surface area (Å²) in [5.74, 6) is -0.105. The van der Waals surface area contributed by atoms with Crippen LogP contribution in [0.5, 0.6) is 0 Å². The topological polar surface area (TPSA) is 64.3 Å². The SMILES string of the molecule is CC(C)(CN)OC(=O)C1CCNC1. The standard InChI is InChI=1S/C9H18N2O2/c1-9(2,6-10)13-8(12)7-3-4-11-5-7/h7,11H,3-6,10H2,1-2H3. The first kappa shape index (κ1) is 10.5. The van der Waals surface area contributed by atoms with E-state index >= 15 is 0 Å². The first-order valence-electron chi connectivity index (χ1n) is 4.69. The maximum Gasteiger partial charge on any atom is 0.310 e. The molecule has 1 unspecified atom stereocenters. The Hall–Kier alpha value is -0.610. The Bertz CT molecular complexity index is 186. The molecular formula is C9H18N2O2. The number of nitrogens with one attached hydrogen (secondary N) is 1. The second kappa shape index (κ2) is 4.07. The Kier molecular flexibility index (Phi) is 3.27. The van der Waals surface area contributed by atoms with Gasteiger partial charge >= 0.3 is 5.97 Å². The molecule has 1 fully saturated rings. The summed E-state index contributed by atoms with van der Waals surface area (Å²) in [6.45, 7) is 5.65. The number of carbonyl (C=O) groups excluding carboxylic acids is 1. The molecule has 1 aliphatic rings. The number of hydrogen-bond donors (Lipinski definition) is 2. The van der Waals surface area contributed by atoms with Gasteiger partial charge in [-0.2, -0.15) is 0 Å². The van der Waals surface area contributed by atoms with Gasteiger partial charge in [-0.3, -0.25) is 4.79 Å². The Morgan fingerprint density at radius 2 is 2.38 bits per heavy atom. The summed E-state index contributed by atoms with van der Waals surface area (Å²) < 4.78 is 5.27. The molecule has 1 heterocycles. The van der Waals surface area contributed by atoms with Crippen LogP contribution in [0.25, 0.3) is 0 Å². The fraction of sp³-hybridized carbons (Fsp3) is 0.889. The minimum absolute atomic E-state index is 0.0193. The summed E-state index contributed by atoms with van der Waals surface area (Å²) in [7, 11) is 0. The predicted molar refractivity (Wildman–Crippen MR) is 50.2 cm³/mol. The molecule has 4 heteroatoms. The van der Waals surface area contributed by atoms with Gasteiger partial charge in [0.1, 0.15) is 5.60 Å². The Morgan fingerprint density at radius 3 is 2.85 bits per heavy atom. The van der Waals surface area contributed by atoms with Gasteiger partial charge in [-0.1, -0.05) is 0 Å². The summed E-state index contributed by atoms with van der Waals surface area (Å²) in [5, 5.41) is 3.12. The minimum atomic E-state index is -0.528. The van der Waals surface area contributed by atoms with Gasteiger partial charge in [-0.05, 0) is 26.8 Å². The van der Waals surface area contributed by atoms with E-state index in [1.807, 2.05) is 13.8 Å². The lowest BCUT2D eigenvalue weighted by molar-refractivity contribution is -0.159. The molecule has 0 saturated carbocycles. The maximum absolute atomic E-state index is 11.5. The Balaban J connectivity index is 2.40. The van der Waals surface area contributed by atoms with Crippen molar-refractivity contribution in [1.82, 2.24) is 5.32 Å². The van der Waals surface area contributed by atoms with Crippen molar-refractivity contribution in [3.63, 3.8) is 0 Å². The molecule has 0 radical (unpaired) electrons. The van der Waals surface area contributed by atoms with E-state index in [1.165, 1.54) is 0 Å². The molecule has 4 nitrogen and oxygen atoms in total. The minimum Gasteiger partial charge on any atom is -0.458 e. The largest absolute Gasteiger partial charge is 0.458 e. The summed E-state index contributed by atoms with van der Waals surface area (Å²) in [5.41, 5.74) is 4.93. The van der Waals surface area contributed by atoms with Crippen LogP contribution in [-0.2, 0) is 9.53 Å². The zero-order chi connectivity index (χ0) is 9.90. The average Bonchev–Trinajstić information content (AvgIpc) is 2.55. The van der Waals surface area contributed by atoms with Gasteiger partial charge in [0.05, 0.1) is 5.92 Å². The number of hydrogen-bond acceptors (Lipinski definition) is 4. The van der Waals surface area contributed by atoms with Crippen LogP contribution in [0.4, 0.5) is 0 Å². The fourth-order valence-corrected chi connectivity index (χ4v) is 1.25. The highest BCUT2D eigenvalue weighted by atomic mass is 16.6. The lowest BCUT2D eigenvalue weighted by Gasteiger charge is -2.24. The zero-order valence-corrected chi connectivity index (χ0v) is 8.30. The van der Waals surface area contributed by atoms with Crippen molar-refractivity contribution >= 4 is 5.97 Å². The average molecular weight is 186 g/mol. The zero-order valence-electron chi connectivity index (χ0n) is 8.30. The monoisotopic (exact) mass is 186 g/mol. The fourth-order valence-electron chi connectivity index (χ4n) is 1.25. The number of carbonyl (C=O) groups is 1. The van der Waals surface area contributed by atoms with Crippen LogP contribution in [0.3, 0.4) is 0 Å². The molecule has 1 saturated heterocycles. The summed E-state index contributed by atoms with van der Waals surface area (Å²) in [4.78, 5) is 11.5. The molecule has 0 aliphatic carbocycles. The third kappa shape index (κ3) is 2.97. The smallest absolute Gasteiger partial charge is 0.310 e.